The van der Waals surface area contributed by atoms with Gasteiger partial charge in [0.25, 0.3) is 11.8 Å². The molecule has 9 heteroatoms. The van der Waals surface area contributed by atoms with E-state index in [1.807, 2.05) is 0 Å². The predicted molar refractivity (Wildman–Crippen MR) is 92.2 cm³/mol. The highest BCUT2D eigenvalue weighted by molar-refractivity contribution is 7.19. The molecule has 3 aromatic heterocycles. The second-order valence-corrected chi connectivity index (χ2v) is 6.29. The summed E-state index contributed by atoms with van der Waals surface area (Å²) in [5.41, 5.74) is 1.27. The quantitative estimate of drug-likeness (QED) is 0.580. The lowest BCUT2D eigenvalue weighted by atomic mass is 10.2. The molecule has 0 radical (unpaired) electrons. The maximum absolute atomic E-state index is 13.0. The van der Waals surface area contributed by atoms with Crippen molar-refractivity contribution in [1.82, 2.24) is 15.1 Å². The minimum Gasteiger partial charge on any atom is -0.459 e. The summed E-state index contributed by atoms with van der Waals surface area (Å²) in [5.74, 6) is 0.0723. The number of aromatic nitrogens is 3. The number of benzene rings is 1. The predicted octanol–water partition coefficient (Wildman–Crippen LogP) is 4.15. The van der Waals surface area contributed by atoms with Crippen molar-refractivity contribution in [3.63, 3.8) is 0 Å². The summed E-state index contributed by atoms with van der Waals surface area (Å²) in [4.78, 5) is 21.3. The fourth-order valence-corrected chi connectivity index (χ4v) is 3.13. The molecule has 0 fully saturated rings. The van der Waals surface area contributed by atoms with Crippen LogP contribution in [0, 0.1) is 12.7 Å². The molecule has 3 heterocycles. The molecule has 1 N–H and O–H groups in total. The molecule has 4 aromatic rings. The van der Waals surface area contributed by atoms with Crippen LogP contribution in [-0.4, -0.2) is 21.0 Å². The summed E-state index contributed by atoms with van der Waals surface area (Å²) in [7, 11) is 0. The Kier molecular flexibility index (Phi) is 4.05. The van der Waals surface area contributed by atoms with Crippen molar-refractivity contribution < 1.29 is 18.1 Å². The van der Waals surface area contributed by atoms with Crippen LogP contribution in [-0.2, 0) is 0 Å². The number of nitrogens with zero attached hydrogens (tertiary/aromatic N) is 3. The molecule has 0 atom stereocenters. The van der Waals surface area contributed by atoms with Crippen LogP contribution in [0.25, 0.3) is 22.2 Å². The van der Waals surface area contributed by atoms with Crippen molar-refractivity contribution in [2.75, 3.05) is 5.32 Å². The zero-order valence-corrected chi connectivity index (χ0v) is 14.2. The number of rotatable bonds is 4. The summed E-state index contributed by atoms with van der Waals surface area (Å²) in [5, 5.41) is 6.96. The highest BCUT2D eigenvalue weighted by Gasteiger charge is 2.19. The number of carbonyl (C=O) groups excluding carboxylic acids is 1. The lowest BCUT2D eigenvalue weighted by molar-refractivity contribution is 0.0996. The Balaban J connectivity index is 1.58. The SMILES string of the molecule is Cc1nc(NC(=O)c2ccco2)sc1-c1nc(-c2ccc(F)cc2)no1. The van der Waals surface area contributed by atoms with Gasteiger partial charge in [-0.25, -0.2) is 9.37 Å². The van der Waals surface area contributed by atoms with E-state index in [-0.39, 0.29) is 17.5 Å². The van der Waals surface area contributed by atoms with Gasteiger partial charge in [-0.1, -0.05) is 16.5 Å². The molecule has 0 aliphatic rings. The number of carbonyl (C=O) groups is 1. The monoisotopic (exact) mass is 370 g/mol. The minimum absolute atomic E-state index is 0.191. The normalized spacial score (nSPS) is 10.8. The first kappa shape index (κ1) is 16.2. The molecular weight excluding hydrogens is 359 g/mol. The van der Waals surface area contributed by atoms with Gasteiger partial charge >= 0.3 is 0 Å². The van der Waals surface area contributed by atoms with Gasteiger partial charge in [0.1, 0.15) is 10.7 Å². The lowest BCUT2D eigenvalue weighted by Gasteiger charge is -1.96. The van der Waals surface area contributed by atoms with Gasteiger partial charge < -0.3 is 8.94 Å². The number of thiazole rings is 1. The van der Waals surface area contributed by atoms with E-state index in [4.69, 9.17) is 8.94 Å². The van der Waals surface area contributed by atoms with E-state index in [2.05, 4.69) is 20.4 Å². The molecule has 0 saturated carbocycles. The van der Waals surface area contributed by atoms with Crippen LogP contribution < -0.4 is 5.32 Å². The van der Waals surface area contributed by atoms with E-state index in [1.54, 1.807) is 31.2 Å². The Morgan fingerprint density at radius 2 is 2.00 bits per heavy atom. The molecule has 26 heavy (non-hydrogen) atoms. The molecule has 130 valence electrons. The molecule has 1 amide bonds. The lowest BCUT2D eigenvalue weighted by Crippen LogP contribution is -2.10. The van der Waals surface area contributed by atoms with Gasteiger partial charge in [-0.2, -0.15) is 4.98 Å². The molecule has 0 aliphatic heterocycles. The molecule has 1 aromatic carbocycles. The van der Waals surface area contributed by atoms with E-state index < -0.39 is 5.91 Å². The first-order chi connectivity index (χ1) is 12.6. The van der Waals surface area contributed by atoms with Crippen LogP contribution >= 0.6 is 11.3 Å². The third-order valence-corrected chi connectivity index (χ3v) is 4.55. The highest BCUT2D eigenvalue weighted by Crippen LogP contribution is 2.33. The van der Waals surface area contributed by atoms with E-state index in [0.29, 0.717) is 27.1 Å². The summed E-state index contributed by atoms with van der Waals surface area (Å²) in [6.07, 6.45) is 1.42. The average Bonchev–Trinajstić information content (AvgIpc) is 3.35. The fraction of sp³-hybridized carbons (Fsp3) is 0.0588. The molecule has 0 saturated heterocycles. The van der Waals surface area contributed by atoms with Crippen LogP contribution in [0.4, 0.5) is 9.52 Å². The highest BCUT2D eigenvalue weighted by atomic mass is 32.1. The van der Waals surface area contributed by atoms with Crippen molar-refractivity contribution in [2.45, 2.75) is 6.92 Å². The van der Waals surface area contributed by atoms with Crippen molar-refractivity contribution in [1.29, 1.82) is 0 Å². The first-order valence-electron chi connectivity index (χ1n) is 7.52. The number of aryl methyl sites for hydroxylation is 1. The molecule has 4 rings (SSSR count). The second-order valence-electron chi connectivity index (χ2n) is 5.30. The van der Waals surface area contributed by atoms with Gasteiger partial charge in [0.05, 0.1) is 12.0 Å². The maximum Gasteiger partial charge on any atom is 0.293 e. The Labute approximate surface area is 150 Å². The summed E-state index contributed by atoms with van der Waals surface area (Å²) >= 11 is 1.21. The summed E-state index contributed by atoms with van der Waals surface area (Å²) in [6, 6.07) is 8.97. The third kappa shape index (κ3) is 3.11. The standard InChI is InChI=1S/C17H11FN4O3S/c1-9-13(26-17(19-9)21-15(23)12-3-2-8-24-12)16-20-14(22-25-16)10-4-6-11(18)7-5-10/h2-8H,1H3,(H,19,21,23). The number of furan rings is 1. The van der Waals surface area contributed by atoms with Gasteiger partial charge in [-0.05, 0) is 43.3 Å². The summed E-state index contributed by atoms with van der Waals surface area (Å²) in [6.45, 7) is 1.77. The number of amides is 1. The van der Waals surface area contributed by atoms with E-state index in [0.717, 1.165) is 0 Å². The Hall–Kier alpha value is -3.33. The minimum atomic E-state index is -0.396. The number of nitrogens with one attached hydrogen (secondary N) is 1. The topological polar surface area (TPSA) is 94.1 Å². The van der Waals surface area contributed by atoms with Crippen LogP contribution in [0.5, 0.6) is 0 Å². The number of hydrogen-bond acceptors (Lipinski definition) is 7. The van der Waals surface area contributed by atoms with E-state index in [9.17, 15) is 9.18 Å². The fourth-order valence-electron chi connectivity index (χ4n) is 2.25. The van der Waals surface area contributed by atoms with E-state index in [1.165, 1.54) is 29.7 Å². The van der Waals surface area contributed by atoms with Crippen molar-refractivity contribution in [3.05, 3.63) is 59.9 Å². The molecular formula is C17H11FN4O3S. The molecule has 0 spiro atoms. The number of anilines is 1. The smallest absolute Gasteiger partial charge is 0.293 e. The Bertz CT molecular complexity index is 1050. The zero-order valence-electron chi connectivity index (χ0n) is 13.4. The maximum atomic E-state index is 13.0. The van der Waals surface area contributed by atoms with Gasteiger partial charge in [-0.3, -0.25) is 10.1 Å². The van der Waals surface area contributed by atoms with Gasteiger partial charge in [0.15, 0.2) is 10.9 Å². The zero-order chi connectivity index (χ0) is 18.1. The van der Waals surface area contributed by atoms with Crippen LogP contribution in [0.3, 0.4) is 0 Å². The molecule has 0 aliphatic carbocycles. The third-order valence-electron chi connectivity index (χ3n) is 3.48. The van der Waals surface area contributed by atoms with Crippen molar-refractivity contribution in [3.8, 4) is 22.2 Å². The van der Waals surface area contributed by atoms with Gasteiger partial charge in [0.2, 0.25) is 5.82 Å². The van der Waals surface area contributed by atoms with Crippen LogP contribution in [0.1, 0.15) is 16.2 Å². The van der Waals surface area contributed by atoms with Crippen molar-refractivity contribution >= 4 is 22.4 Å². The van der Waals surface area contributed by atoms with Gasteiger partial charge in [0, 0.05) is 5.56 Å². The van der Waals surface area contributed by atoms with Crippen molar-refractivity contribution in [2.24, 2.45) is 0 Å². The number of halogens is 1. The Morgan fingerprint density at radius 3 is 2.73 bits per heavy atom. The first-order valence-corrected chi connectivity index (χ1v) is 8.34. The Morgan fingerprint density at radius 1 is 1.19 bits per heavy atom. The van der Waals surface area contributed by atoms with Gasteiger partial charge in [-0.15, -0.1) is 0 Å². The molecule has 7 nitrogen and oxygen atoms in total. The van der Waals surface area contributed by atoms with Crippen LogP contribution in [0.2, 0.25) is 0 Å². The van der Waals surface area contributed by atoms with E-state index >= 15 is 0 Å². The summed E-state index contributed by atoms with van der Waals surface area (Å²) < 4.78 is 23.4. The molecule has 0 unspecified atom stereocenters. The van der Waals surface area contributed by atoms with Crippen LogP contribution in [0.15, 0.2) is 51.6 Å². The molecule has 0 bridgehead atoms. The number of hydrogen-bond donors (Lipinski definition) is 1. The second kappa shape index (κ2) is 6.52. The largest absolute Gasteiger partial charge is 0.459 e. The average molecular weight is 370 g/mol.